The molecule has 2 rings (SSSR count). The first-order valence-corrected chi connectivity index (χ1v) is 6.16. The molecule has 0 saturated carbocycles. The first kappa shape index (κ1) is 12.7. The Kier molecular flexibility index (Phi) is 3.16. The standard InChI is InChI=1S/C15H19NO2/c1-5-15(2,3)14-13(17)8-10-6-7-11(18-4)9-12(10)16-14/h6-9,17H,5H2,1-4H3. The van der Waals surface area contributed by atoms with E-state index in [1.54, 1.807) is 13.2 Å². The third-order valence-electron chi connectivity index (χ3n) is 3.53. The molecule has 0 bridgehead atoms. The lowest BCUT2D eigenvalue weighted by Gasteiger charge is -2.23. The van der Waals surface area contributed by atoms with Crippen molar-refractivity contribution >= 4 is 10.9 Å². The lowest BCUT2D eigenvalue weighted by atomic mass is 9.85. The molecule has 3 nitrogen and oxygen atoms in total. The predicted molar refractivity (Wildman–Crippen MR) is 73.3 cm³/mol. The smallest absolute Gasteiger partial charge is 0.138 e. The summed E-state index contributed by atoms with van der Waals surface area (Å²) in [6.07, 6.45) is 0.920. The van der Waals surface area contributed by atoms with Crippen LogP contribution in [0, 0.1) is 0 Å². The van der Waals surface area contributed by atoms with Crippen molar-refractivity contribution < 1.29 is 9.84 Å². The summed E-state index contributed by atoms with van der Waals surface area (Å²) < 4.78 is 5.20. The Morgan fingerprint density at radius 2 is 2.00 bits per heavy atom. The number of methoxy groups -OCH3 is 1. The van der Waals surface area contributed by atoms with E-state index in [-0.39, 0.29) is 11.2 Å². The quantitative estimate of drug-likeness (QED) is 0.897. The van der Waals surface area contributed by atoms with E-state index >= 15 is 0 Å². The van der Waals surface area contributed by atoms with Gasteiger partial charge >= 0.3 is 0 Å². The van der Waals surface area contributed by atoms with Crippen molar-refractivity contribution in [2.24, 2.45) is 0 Å². The van der Waals surface area contributed by atoms with Crippen molar-refractivity contribution in [1.82, 2.24) is 4.98 Å². The van der Waals surface area contributed by atoms with Crippen molar-refractivity contribution in [3.63, 3.8) is 0 Å². The summed E-state index contributed by atoms with van der Waals surface area (Å²) in [5.74, 6) is 1.04. The Morgan fingerprint density at radius 1 is 1.28 bits per heavy atom. The van der Waals surface area contributed by atoms with Crippen LogP contribution >= 0.6 is 0 Å². The van der Waals surface area contributed by atoms with E-state index in [4.69, 9.17) is 4.74 Å². The van der Waals surface area contributed by atoms with Crippen molar-refractivity contribution in [2.45, 2.75) is 32.6 Å². The largest absolute Gasteiger partial charge is 0.506 e. The number of nitrogens with zero attached hydrogens (tertiary/aromatic N) is 1. The van der Waals surface area contributed by atoms with Gasteiger partial charge < -0.3 is 9.84 Å². The monoisotopic (exact) mass is 245 g/mol. The van der Waals surface area contributed by atoms with Crippen LogP contribution in [-0.2, 0) is 5.41 Å². The van der Waals surface area contributed by atoms with Gasteiger partial charge in [0.1, 0.15) is 11.5 Å². The van der Waals surface area contributed by atoms with Crippen LogP contribution < -0.4 is 4.74 Å². The Morgan fingerprint density at radius 3 is 2.61 bits per heavy atom. The average molecular weight is 245 g/mol. The van der Waals surface area contributed by atoms with Gasteiger partial charge in [0.05, 0.1) is 18.3 Å². The summed E-state index contributed by atoms with van der Waals surface area (Å²) in [7, 11) is 1.64. The summed E-state index contributed by atoms with van der Waals surface area (Å²) in [4.78, 5) is 4.60. The molecule has 1 aromatic heterocycles. The molecule has 0 amide bonds. The van der Waals surface area contributed by atoms with Crippen LogP contribution in [0.4, 0.5) is 0 Å². The summed E-state index contributed by atoms with van der Waals surface area (Å²) >= 11 is 0. The maximum atomic E-state index is 10.1. The van der Waals surface area contributed by atoms with Crippen LogP contribution in [0.15, 0.2) is 24.3 Å². The molecule has 96 valence electrons. The second-order valence-corrected chi connectivity index (χ2v) is 5.15. The molecule has 1 N–H and O–H groups in total. The third kappa shape index (κ3) is 2.13. The number of hydrogen-bond donors (Lipinski definition) is 1. The normalized spacial score (nSPS) is 11.8. The highest BCUT2D eigenvalue weighted by atomic mass is 16.5. The van der Waals surface area contributed by atoms with E-state index < -0.39 is 0 Å². The highest BCUT2D eigenvalue weighted by Crippen LogP contribution is 2.34. The number of benzene rings is 1. The second kappa shape index (κ2) is 4.48. The Hall–Kier alpha value is -1.77. The molecule has 0 aliphatic rings. The van der Waals surface area contributed by atoms with Gasteiger partial charge in [0, 0.05) is 16.9 Å². The van der Waals surface area contributed by atoms with Crippen LogP contribution in [0.1, 0.15) is 32.9 Å². The fraction of sp³-hybridized carbons (Fsp3) is 0.400. The van der Waals surface area contributed by atoms with Crippen molar-refractivity contribution in [3.8, 4) is 11.5 Å². The number of aromatic hydroxyl groups is 1. The molecule has 0 atom stereocenters. The first-order valence-electron chi connectivity index (χ1n) is 6.16. The van der Waals surface area contributed by atoms with E-state index in [0.29, 0.717) is 0 Å². The fourth-order valence-corrected chi connectivity index (χ4v) is 1.93. The van der Waals surface area contributed by atoms with Crippen molar-refractivity contribution in [3.05, 3.63) is 30.0 Å². The van der Waals surface area contributed by atoms with E-state index in [0.717, 1.165) is 28.8 Å². The number of hydrogen-bond acceptors (Lipinski definition) is 3. The first-order chi connectivity index (χ1) is 8.47. The zero-order valence-corrected chi connectivity index (χ0v) is 11.3. The summed E-state index contributed by atoms with van der Waals surface area (Å²) in [6, 6.07) is 7.44. The molecule has 0 aliphatic carbocycles. The molecule has 0 aliphatic heterocycles. The van der Waals surface area contributed by atoms with Crippen LogP contribution in [0.3, 0.4) is 0 Å². The molecule has 1 heterocycles. The van der Waals surface area contributed by atoms with Gasteiger partial charge in [0.15, 0.2) is 0 Å². The van der Waals surface area contributed by atoms with Crippen LogP contribution in [0.5, 0.6) is 11.5 Å². The number of fused-ring (bicyclic) bond motifs is 1. The number of pyridine rings is 1. The minimum Gasteiger partial charge on any atom is -0.506 e. The SMILES string of the molecule is CCC(C)(C)c1nc2cc(OC)ccc2cc1O. The van der Waals surface area contributed by atoms with Crippen LogP contribution in [-0.4, -0.2) is 17.2 Å². The lowest BCUT2D eigenvalue weighted by Crippen LogP contribution is -2.17. The summed E-state index contributed by atoms with van der Waals surface area (Å²) in [5, 5.41) is 11.0. The Bertz CT molecular complexity index is 576. The molecule has 0 fully saturated rings. The highest BCUT2D eigenvalue weighted by Gasteiger charge is 2.24. The minimum absolute atomic E-state index is 0.138. The topological polar surface area (TPSA) is 42.4 Å². The average Bonchev–Trinajstić information content (AvgIpc) is 2.37. The van der Waals surface area contributed by atoms with Gasteiger partial charge in [0.2, 0.25) is 0 Å². The molecule has 2 aromatic rings. The van der Waals surface area contributed by atoms with E-state index in [1.165, 1.54) is 0 Å². The number of rotatable bonds is 3. The number of aromatic nitrogens is 1. The van der Waals surface area contributed by atoms with Gasteiger partial charge in [-0.2, -0.15) is 0 Å². The molecule has 0 spiro atoms. The fourth-order valence-electron chi connectivity index (χ4n) is 1.93. The second-order valence-electron chi connectivity index (χ2n) is 5.15. The minimum atomic E-state index is -0.138. The molecule has 0 unspecified atom stereocenters. The zero-order chi connectivity index (χ0) is 13.3. The van der Waals surface area contributed by atoms with Gasteiger partial charge in [-0.15, -0.1) is 0 Å². The molecule has 1 aromatic carbocycles. The Balaban J connectivity index is 2.65. The van der Waals surface area contributed by atoms with E-state index in [2.05, 4.69) is 25.8 Å². The summed E-state index contributed by atoms with van der Waals surface area (Å²) in [5.41, 5.74) is 1.45. The maximum Gasteiger partial charge on any atom is 0.138 e. The summed E-state index contributed by atoms with van der Waals surface area (Å²) in [6.45, 7) is 6.26. The molecular formula is C15H19NO2. The van der Waals surface area contributed by atoms with Crippen molar-refractivity contribution in [2.75, 3.05) is 7.11 Å². The molecule has 3 heteroatoms. The van der Waals surface area contributed by atoms with Gasteiger partial charge in [-0.05, 0) is 24.6 Å². The molecule has 0 radical (unpaired) electrons. The van der Waals surface area contributed by atoms with Crippen LogP contribution in [0.25, 0.3) is 10.9 Å². The van der Waals surface area contributed by atoms with E-state index in [9.17, 15) is 5.11 Å². The van der Waals surface area contributed by atoms with Gasteiger partial charge in [-0.1, -0.05) is 20.8 Å². The Labute approximate surface area is 107 Å². The van der Waals surface area contributed by atoms with Crippen molar-refractivity contribution in [1.29, 1.82) is 0 Å². The zero-order valence-electron chi connectivity index (χ0n) is 11.3. The molecule has 18 heavy (non-hydrogen) atoms. The van der Waals surface area contributed by atoms with Gasteiger partial charge in [0.25, 0.3) is 0 Å². The van der Waals surface area contributed by atoms with E-state index in [1.807, 2.05) is 18.2 Å². The maximum absolute atomic E-state index is 10.1. The third-order valence-corrected chi connectivity index (χ3v) is 3.53. The van der Waals surface area contributed by atoms with Gasteiger partial charge in [-0.25, -0.2) is 4.98 Å². The highest BCUT2D eigenvalue weighted by molar-refractivity contribution is 5.82. The predicted octanol–water partition coefficient (Wildman–Crippen LogP) is 3.64. The van der Waals surface area contributed by atoms with Crippen LogP contribution in [0.2, 0.25) is 0 Å². The number of ether oxygens (including phenoxy) is 1. The lowest BCUT2D eigenvalue weighted by molar-refractivity contribution is 0.414. The molecular weight excluding hydrogens is 226 g/mol. The van der Waals surface area contributed by atoms with Gasteiger partial charge in [-0.3, -0.25) is 0 Å². The molecule has 0 saturated heterocycles.